The van der Waals surface area contributed by atoms with E-state index in [1.165, 1.54) is 11.8 Å². The van der Waals surface area contributed by atoms with Crippen LogP contribution in [-0.2, 0) is 9.59 Å². The topological polar surface area (TPSA) is 76.7 Å². The lowest BCUT2D eigenvalue weighted by Crippen LogP contribution is -2.17. The average molecular weight is 384 g/mol. The number of nitrogens with one attached hydrogen (secondary N) is 2. The summed E-state index contributed by atoms with van der Waals surface area (Å²) in [6.45, 7) is 1.05. The molecule has 2 amide bonds. The molecule has 0 radical (unpaired) electrons. The van der Waals surface area contributed by atoms with E-state index in [2.05, 4.69) is 10.6 Å². The maximum Gasteiger partial charge on any atom is 0.234 e. The second-order valence-corrected chi connectivity index (χ2v) is 7.53. The molecule has 0 spiro atoms. The Hall–Kier alpha value is -2.67. The van der Waals surface area contributed by atoms with Crippen molar-refractivity contribution in [2.24, 2.45) is 5.92 Å². The number of fused-ring (bicyclic) bond motifs is 1. The quantitative estimate of drug-likeness (QED) is 0.745. The third-order valence-electron chi connectivity index (χ3n) is 4.27. The molecule has 2 N–H and O–H groups in total. The highest BCUT2D eigenvalue weighted by atomic mass is 32.2. The maximum atomic E-state index is 12.2. The number of hydrogen-bond acceptors (Lipinski definition) is 5. The third-order valence-corrected chi connectivity index (χ3v) is 5.28. The molecule has 2 aliphatic rings. The van der Waals surface area contributed by atoms with Gasteiger partial charge >= 0.3 is 0 Å². The number of hydrogen-bond donors (Lipinski definition) is 2. The van der Waals surface area contributed by atoms with Crippen molar-refractivity contribution < 1.29 is 19.1 Å². The molecule has 27 heavy (non-hydrogen) atoms. The summed E-state index contributed by atoms with van der Waals surface area (Å²) in [6, 6.07) is 12.9. The van der Waals surface area contributed by atoms with Crippen molar-refractivity contribution in [1.29, 1.82) is 0 Å². The lowest BCUT2D eigenvalue weighted by molar-refractivity contribution is -0.117. The van der Waals surface area contributed by atoms with Gasteiger partial charge in [0.05, 0.1) is 5.75 Å². The van der Waals surface area contributed by atoms with Gasteiger partial charge in [0.2, 0.25) is 11.8 Å². The van der Waals surface area contributed by atoms with Crippen LogP contribution in [0.1, 0.15) is 12.8 Å². The van der Waals surface area contributed by atoms with Crippen molar-refractivity contribution in [3.05, 3.63) is 42.5 Å². The number of carbonyl (C=O) groups is 2. The summed E-state index contributed by atoms with van der Waals surface area (Å²) in [5.74, 6) is 1.82. The van der Waals surface area contributed by atoms with E-state index in [1.807, 2.05) is 24.3 Å². The van der Waals surface area contributed by atoms with Gasteiger partial charge in [-0.1, -0.05) is 0 Å². The number of anilines is 2. The largest absolute Gasteiger partial charge is 0.486 e. The Labute approximate surface area is 161 Å². The van der Waals surface area contributed by atoms with Crippen LogP contribution in [0.15, 0.2) is 47.4 Å². The lowest BCUT2D eigenvalue weighted by Gasteiger charge is -2.19. The minimum atomic E-state index is -0.0946. The molecular weight excluding hydrogens is 364 g/mol. The highest BCUT2D eigenvalue weighted by molar-refractivity contribution is 8.00. The Balaban J connectivity index is 1.27. The summed E-state index contributed by atoms with van der Waals surface area (Å²) in [6.07, 6.45) is 1.97. The molecule has 4 rings (SSSR count). The zero-order valence-electron chi connectivity index (χ0n) is 14.7. The van der Waals surface area contributed by atoms with E-state index in [1.54, 1.807) is 18.2 Å². The number of amides is 2. The van der Waals surface area contributed by atoms with Crippen molar-refractivity contribution >= 4 is 35.0 Å². The molecule has 6 nitrogen and oxygen atoms in total. The monoisotopic (exact) mass is 384 g/mol. The van der Waals surface area contributed by atoms with Crippen molar-refractivity contribution in [1.82, 2.24) is 0 Å². The molecule has 140 valence electrons. The van der Waals surface area contributed by atoms with E-state index in [4.69, 9.17) is 9.47 Å². The molecular formula is C20H20N2O4S. The van der Waals surface area contributed by atoms with Crippen LogP contribution in [0.4, 0.5) is 11.4 Å². The summed E-state index contributed by atoms with van der Waals surface area (Å²) in [7, 11) is 0. The highest BCUT2D eigenvalue weighted by Crippen LogP contribution is 2.33. The molecule has 1 saturated carbocycles. The molecule has 0 bridgehead atoms. The van der Waals surface area contributed by atoms with Gasteiger partial charge in [-0.05, 0) is 49.2 Å². The van der Waals surface area contributed by atoms with E-state index in [0.717, 1.165) is 23.4 Å². The van der Waals surface area contributed by atoms with E-state index in [9.17, 15) is 9.59 Å². The van der Waals surface area contributed by atoms with Crippen LogP contribution in [-0.4, -0.2) is 30.8 Å². The number of rotatable bonds is 6. The van der Waals surface area contributed by atoms with Gasteiger partial charge in [0, 0.05) is 28.3 Å². The van der Waals surface area contributed by atoms with Crippen LogP contribution in [0.5, 0.6) is 11.5 Å². The molecule has 7 heteroatoms. The first-order valence-corrected chi connectivity index (χ1v) is 9.89. The number of ether oxygens (including phenoxy) is 2. The Kier molecular flexibility index (Phi) is 5.20. The lowest BCUT2D eigenvalue weighted by atomic mass is 10.2. The fourth-order valence-corrected chi connectivity index (χ4v) is 3.39. The van der Waals surface area contributed by atoms with Gasteiger partial charge in [-0.15, -0.1) is 11.8 Å². The van der Waals surface area contributed by atoms with Crippen molar-refractivity contribution in [2.75, 3.05) is 29.6 Å². The minimum absolute atomic E-state index is 0.0919. The van der Waals surface area contributed by atoms with Crippen LogP contribution < -0.4 is 20.1 Å². The zero-order chi connectivity index (χ0) is 18.6. The SMILES string of the molecule is O=C(CSc1ccc(NC(=O)C2CC2)cc1)Nc1ccc2c(c1)OCCO2. The molecule has 1 aliphatic heterocycles. The van der Waals surface area contributed by atoms with Crippen LogP contribution in [0.25, 0.3) is 0 Å². The average Bonchev–Trinajstić information content (AvgIpc) is 3.53. The number of benzene rings is 2. The van der Waals surface area contributed by atoms with Crippen LogP contribution in [0, 0.1) is 5.92 Å². The van der Waals surface area contributed by atoms with Crippen LogP contribution in [0.2, 0.25) is 0 Å². The Morgan fingerprint density at radius 2 is 1.63 bits per heavy atom. The van der Waals surface area contributed by atoms with Gasteiger partial charge in [0.25, 0.3) is 0 Å². The first-order valence-electron chi connectivity index (χ1n) is 8.90. The van der Waals surface area contributed by atoms with Gasteiger partial charge in [-0.25, -0.2) is 0 Å². The highest BCUT2D eigenvalue weighted by Gasteiger charge is 2.29. The Morgan fingerprint density at radius 3 is 2.37 bits per heavy atom. The summed E-state index contributed by atoms with van der Waals surface area (Å²) < 4.78 is 11.0. The number of carbonyl (C=O) groups excluding carboxylic acids is 2. The van der Waals surface area contributed by atoms with Gasteiger partial charge in [-0.2, -0.15) is 0 Å². The van der Waals surface area contributed by atoms with Gasteiger partial charge < -0.3 is 20.1 Å². The minimum Gasteiger partial charge on any atom is -0.486 e. The molecule has 1 aliphatic carbocycles. The first kappa shape index (κ1) is 17.7. The molecule has 0 saturated heterocycles. The molecule has 1 fully saturated rings. The second-order valence-electron chi connectivity index (χ2n) is 6.48. The molecule has 2 aromatic carbocycles. The van der Waals surface area contributed by atoms with Crippen LogP contribution in [0.3, 0.4) is 0 Å². The van der Waals surface area contributed by atoms with Crippen LogP contribution >= 0.6 is 11.8 Å². The van der Waals surface area contributed by atoms with Gasteiger partial charge in [0.1, 0.15) is 13.2 Å². The fourth-order valence-electron chi connectivity index (χ4n) is 2.69. The van der Waals surface area contributed by atoms with Crippen molar-refractivity contribution in [3.8, 4) is 11.5 Å². The standard InChI is InChI=1S/C20H20N2O4S/c23-19(21-15-5-8-17-18(11-15)26-10-9-25-17)12-27-16-6-3-14(4-7-16)22-20(24)13-1-2-13/h3-8,11,13H,1-2,9-10,12H2,(H,21,23)(H,22,24). The summed E-state index contributed by atoms with van der Waals surface area (Å²) in [4.78, 5) is 24.9. The smallest absolute Gasteiger partial charge is 0.234 e. The predicted molar refractivity (Wildman–Crippen MR) is 105 cm³/mol. The van der Waals surface area contributed by atoms with E-state index in [0.29, 0.717) is 36.2 Å². The molecule has 0 unspecified atom stereocenters. The Morgan fingerprint density at radius 1 is 0.926 bits per heavy atom. The molecule has 1 heterocycles. The third kappa shape index (κ3) is 4.74. The molecule has 2 aromatic rings. The maximum absolute atomic E-state index is 12.2. The Bertz CT molecular complexity index is 850. The fraction of sp³-hybridized carbons (Fsp3) is 0.300. The number of thioether (sulfide) groups is 1. The predicted octanol–water partition coefficient (Wildman–Crippen LogP) is 3.54. The van der Waals surface area contributed by atoms with Crippen molar-refractivity contribution in [2.45, 2.75) is 17.7 Å². The van der Waals surface area contributed by atoms with E-state index >= 15 is 0 Å². The van der Waals surface area contributed by atoms with Crippen molar-refractivity contribution in [3.63, 3.8) is 0 Å². The van der Waals surface area contributed by atoms with E-state index < -0.39 is 0 Å². The van der Waals surface area contributed by atoms with Gasteiger partial charge in [0.15, 0.2) is 11.5 Å². The van der Waals surface area contributed by atoms with Gasteiger partial charge in [-0.3, -0.25) is 9.59 Å². The summed E-state index contributed by atoms with van der Waals surface area (Å²) in [5, 5.41) is 5.77. The molecule has 0 atom stereocenters. The summed E-state index contributed by atoms with van der Waals surface area (Å²) in [5.41, 5.74) is 1.47. The first-order chi connectivity index (χ1) is 13.2. The zero-order valence-corrected chi connectivity index (χ0v) is 15.5. The summed E-state index contributed by atoms with van der Waals surface area (Å²) >= 11 is 1.44. The van der Waals surface area contributed by atoms with E-state index in [-0.39, 0.29) is 17.7 Å². The molecule has 0 aromatic heterocycles. The second kappa shape index (κ2) is 7.92. The normalized spacial score (nSPS) is 15.1.